The van der Waals surface area contributed by atoms with Crippen LogP contribution in [0.4, 0.5) is 4.39 Å². The summed E-state index contributed by atoms with van der Waals surface area (Å²) in [6.45, 7) is 4.24. The third-order valence-corrected chi connectivity index (χ3v) is 3.67. The van der Waals surface area contributed by atoms with Crippen LogP contribution in [0.15, 0.2) is 54.4 Å². The quantitative estimate of drug-likeness (QED) is 0.513. The minimum atomic E-state index is -0.0629. The van der Waals surface area contributed by atoms with E-state index in [9.17, 15) is 4.39 Å². The third kappa shape index (κ3) is 5.90. The molecular formula is C21H25FO. The molecule has 0 fully saturated rings. The molecule has 0 saturated heterocycles. The lowest BCUT2D eigenvalue weighted by molar-refractivity contribution is 0.482. The van der Waals surface area contributed by atoms with E-state index in [-0.39, 0.29) is 5.83 Å². The second-order valence-corrected chi connectivity index (χ2v) is 5.76. The van der Waals surface area contributed by atoms with Crippen molar-refractivity contribution in [2.45, 2.75) is 46.0 Å². The van der Waals surface area contributed by atoms with E-state index in [0.29, 0.717) is 6.42 Å². The molecule has 0 aliphatic carbocycles. The average molecular weight is 312 g/mol. The molecule has 1 nitrogen and oxygen atoms in total. The molecule has 2 heteroatoms. The van der Waals surface area contributed by atoms with Gasteiger partial charge in [-0.3, -0.25) is 0 Å². The molecule has 122 valence electrons. The summed E-state index contributed by atoms with van der Waals surface area (Å²) in [6.07, 6.45) is 6.23. The predicted molar refractivity (Wildman–Crippen MR) is 95.6 cm³/mol. The first-order chi connectivity index (χ1) is 11.2. The first-order valence-corrected chi connectivity index (χ1v) is 8.44. The van der Waals surface area contributed by atoms with Gasteiger partial charge in [0.05, 0.1) is 0 Å². The van der Waals surface area contributed by atoms with E-state index in [1.54, 1.807) is 6.08 Å². The summed E-state index contributed by atoms with van der Waals surface area (Å²) in [4.78, 5) is 0. The van der Waals surface area contributed by atoms with Crippen molar-refractivity contribution in [3.63, 3.8) is 0 Å². The number of unbranched alkanes of at least 4 members (excludes halogenated alkanes) is 1. The molecule has 0 atom stereocenters. The first kappa shape index (κ1) is 17.3. The molecule has 0 aliphatic rings. The standard InChI is InChI=1S/C21H25FO/c1-3-5-7-19(22)16-18-10-14-21(15-11-18)23-20-12-8-17(6-4-2)9-13-20/h8-16H,3-7H2,1-2H3. The Morgan fingerprint density at radius 1 is 0.913 bits per heavy atom. The number of allylic oxidation sites excluding steroid dienone is 1. The Bertz CT molecular complexity index is 611. The molecule has 0 radical (unpaired) electrons. The van der Waals surface area contributed by atoms with Gasteiger partial charge in [0.25, 0.3) is 0 Å². The zero-order valence-corrected chi connectivity index (χ0v) is 14.0. The Morgan fingerprint density at radius 3 is 2.09 bits per heavy atom. The predicted octanol–water partition coefficient (Wildman–Crippen LogP) is 6.93. The molecule has 2 aromatic carbocycles. The number of halogens is 1. The van der Waals surface area contributed by atoms with Gasteiger partial charge in [-0.25, -0.2) is 4.39 Å². The molecule has 0 spiro atoms. The minimum Gasteiger partial charge on any atom is -0.457 e. The maximum atomic E-state index is 13.7. The molecular weight excluding hydrogens is 287 g/mol. The smallest absolute Gasteiger partial charge is 0.127 e. The number of aryl methyl sites for hydroxylation is 1. The summed E-state index contributed by atoms with van der Waals surface area (Å²) in [5.74, 6) is 1.52. The second-order valence-electron chi connectivity index (χ2n) is 5.76. The average Bonchev–Trinajstić information content (AvgIpc) is 2.57. The number of rotatable bonds is 8. The summed E-state index contributed by atoms with van der Waals surface area (Å²) in [7, 11) is 0. The Morgan fingerprint density at radius 2 is 1.52 bits per heavy atom. The van der Waals surface area contributed by atoms with E-state index >= 15 is 0 Å². The molecule has 2 aromatic rings. The van der Waals surface area contributed by atoms with E-state index in [2.05, 4.69) is 26.0 Å². The highest BCUT2D eigenvalue weighted by Gasteiger charge is 2.00. The summed E-state index contributed by atoms with van der Waals surface area (Å²) in [5, 5.41) is 0. The van der Waals surface area contributed by atoms with Gasteiger partial charge in [0.15, 0.2) is 0 Å². The molecule has 0 amide bonds. The molecule has 0 bridgehead atoms. The Kier molecular flexibility index (Phi) is 6.86. The van der Waals surface area contributed by atoms with Crippen molar-refractivity contribution in [1.29, 1.82) is 0 Å². The highest BCUT2D eigenvalue weighted by Crippen LogP contribution is 2.23. The molecule has 0 N–H and O–H groups in total. The van der Waals surface area contributed by atoms with Crippen LogP contribution in [0.1, 0.15) is 50.7 Å². The van der Waals surface area contributed by atoms with Crippen molar-refractivity contribution in [3.8, 4) is 11.5 Å². The van der Waals surface area contributed by atoms with Crippen molar-refractivity contribution in [2.75, 3.05) is 0 Å². The van der Waals surface area contributed by atoms with Gasteiger partial charge >= 0.3 is 0 Å². The van der Waals surface area contributed by atoms with E-state index < -0.39 is 0 Å². The van der Waals surface area contributed by atoms with Gasteiger partial charge in [-0.15, -0.1) is 0 Å². The van der Waals surface area contributed by atoms with Gasteiger partial charge in [-0.2, -0.15) is 0 Å². The topological polar surface area (TPSA) is 9.23 Å². The van der Waals surface area contributed by atoms with Crippen molar-refractivity contribution >= 4 is 6.08 Å². The molecule has 0 aromatic heterocycles. The van der Waals surface area contributed by atoms with Crippen LogP contribution in [0.25, 0.3) is 6.08 Å². The van der Waals surface area contributed by atoms with Crippen LogP contribution in [0.5, 0.6) is 11.5 Å². The molecule has 0 unspecified atom stereocenters. The molecule has 0 aliphatic heterocycles. The maximum absolute atomic E-state index is 13.7. The fourth-order valence-electron chi connectivity index (χ4n) is 2.38. The highest BCUT2D eigenvalue weighted by atomic mass is 19.1. The second kappa shape index (κ2) is 9.14. The van der Waals surface area contributed by atoms with E-state index in [4.69, 9.17) is 4.74 Å². The van der Waals surface area contributed by atoms with Gasteiger partial charge in [0.2, 0.25) is 0 Å². The number of benzene rings is 2. The van der Waals surface area contributed by atoms with Gasteiger partial charge in [0, 0.05) is 0 Å². The molecule has 2 rings (SSSR count). The van der Waals surface area contributed by atoms with Gasteiger partial charge in [0.1, 0.15) is 17.3 Å². The third-order valence-electron chi connectivity index (χ3n) is 3.67. The van der Waals surface area contributed by atoms with Crippen molar-refractivity contribution in [3.05, 3.63) is 65.5 Å². The Hall–Kier alpha value is -2.09. The van der Waals surface area contributed by atoms with Crippen LogP contribution >= 0.6 is 0 Å². The Labute approximate surface area is 138 Å². The molecule has 0 saturated carbocycles. The highest BCUT2D eigenvalue weighted by molar-refractivity contribution is 5.52. The van der Waals surface area contributed by atoms with E-state index in [0.717, 1.165) is 42.7 Å². The maximum Gasteiger partial charge on any atom is 0.127 e. The lowest BCUT2D eigenvalue weighted by atomic mass is 10.1. The lowest BCUT2D eigenvalue weighted by Crippen LogP contribution is -1.86. The Balaban J connectivity index is 1.96. The van der Waals surface area contributed by atoms with Gasteiger partial charge < -0.3 is 4.74 Å². The fourth-order valence-corrected chi connectivity index (χ4v) is 2.38. The molecule has 0 heterocycles. The zero-order chi connectivity index (χ0) is 16.5. The number of ether oxygens (including phenoxy) is 1. The monoisotopic (exact) mass is 312 g/mol. The van der Waals surface area contributed by atoms with Crippen molar-refractivity contribution < 1.29 is 9.13 Å². The van der Waals surface area contributed by atoms with E-state index in [1.165, 1.54) is 5.56 Å². The van der Waals surface area contributed by atoms with Crippen LogP contribution in [0.2, 0.25) is 0 Å². The number of hydrogen-bond acceptors (Lipinski definition) is 1. The van der Waals surface area contributed by atoms with Crippen LogP contribution in [-0.4, -0.2) is 0 Å². The summed E-state index contributed by atoms with van der Waals surface area (Å²) in [6, 6.07) is 15.7. The van der Waals surface area contributed by atoms with Crippen LogP contribution in [-0.2, 0) is 6.42 Å². The SMILES string of the molecule is CCCCC(F)=Cc1ccc(Oc2ccc(CCC)cc2)cc1. The van der Waals surface area contributed by atoms with Crippen LogP contribution in [0.3, 0.4) is 0 Å². The van der Waals surface area contributed by atoms with E-state index in [1.807, 2.05) is 36.4 Å². The lowest BCUT2D eigenvalue weighted by Gasteiger charge is -2.07. The normalized spacial score (nSPS) is 11.5. The van der Waals surface area contributed by atoms with Crippen LogP contribution in [0, 0.1) is 0 Å². The summed E-state index contributed by atoms with van der Waals surface area (Å²) < 4.78 is 19.5. The van der Waals surface area contributed by atoms with Gasteiger partial charge in [-0.05, 0) is 60.7 Å². The largest absolute Gasteiger partial charge is 0.457 e. The fraction of sp³-hybridized carbons (Fsp3) is 0.333. The minimum absolute atomic E-state index is 0.0629. The summed E-state index contributed by atoms with van der Waals surface area (Å²) >= 11 is 0. The summed E-state index contributed by atoms with van der Waals surface area (Å²) in [5.41, 5.74) is 2.19. The van der Waals surface area contributed by atoms with Crippen molar-refractivity contribution in [2.24, 2.45) is 0 Å². The number of hydrogen-bond donors (Lipinski definition) is 0. The van der Waals surface area contributed by atoms with Crippen LogP contribution < -0.4 is 4.74 Å². The zero-order valence-electron chi connectivity index (χ0n) is 14.0. The molecule has 23 heavy (non-hydrogen) atoms. The van der Waals surface area contributed by atoms with Gasteiger partial charge in [-0.1, -0.05) is 51.0 Å². The first-order valence-electron chi connectivity index (χ1n) is 8.44. The van der Waals surface area contributed by atoms with Crippen molar-refractivity contribution in [1.82, 2.24) is 0 Å².